The fourth-order valence-electron chi connectivity index (χ4n) is 5.18. The Kier molecular flexibility index (Phi) is 14.9. The van der Waals surface area contributed by atoms with Crippen LogP contribution in [-0.2, 0) is 35.1 Å². The van der Waals surface area contributed by atoms with Gasteiger partial charge in [0.1, 0.15) is 0 Å². The first-order valence-corrected chi connectivity index (χ1v) is 17.1. The summed E-state index contributed by atoms with van der Waals surface area (Å²) in [7, 11) is 0. The summed E-state index contributed by atoms with van der Waals surface area (Å²) < 4.78 is 24.5. The zero-order chi connectivity index (χ0) is 34.5. The van der Waals surface area contributed by atoms with Crippen LogP contribution in [-0.4, -0.2) is 67.7 Å². The van der Waals surface area contributed by atoms with Gasteiger partial charge in [0.2, 0.25) is 11.8 Å². The second-order valence-electron chi connectivity index (χ2n) is 13.7. The highest BCUT2D eigenvalue weighted by Gasteiger charge is 2.30. The van der Waals surface area contributed by atoms with E-state index in [-0.39, 0.29) is 49.5 Å². The molecule has 0 aromatic heterocycles. The Morgan fingerprint density at radius 1 is 0.872 bits per heavy atom. The van der Waals surface area contributed by atoms with E-state index in [1.165, 1.54) is 0 Å². The molecular formula is C39H56N2O6. The van der Waals surface area contributed by atoms with Gasteiger partial charge in [-0.05, 0) is 91.5 Å². The molecule has 2 aromatic rings. The molecule has 258 valence electrons. The standard InChI is InChI=1S/C39H56N2O6/c1-9-39(8,23-25-45-30(4)5)47-34(28-46-38(6,7)22-24-44-29(2)3)26-40-36(42)20-21-37(43)41-27-33-16-11-10-14-31(33)18-19-32-15-12-13-17-35(32)41/h10-17,29-30,34H,9,20-28H2,1-8H3,(H,40,42). The van der Waals surface area contributed by atoms with E-state index < -0.39 is 11.2 Å². The van der Waals surface area contributed by atoms with Crippen molar-refractivity contribution in [3.63, 3.8) is 0 Å². The van der Waals surface area contributed by atoms with Gasteiger partial charge < -0.3 is 29.2 Å². The molecule has 2 unspecified atom stereocenters. The molecule has 0 saturated carbocycles. The van der Waals surface area contributed by atoms with Gasteiger partial charge in [-0.3, -0.25) is 9.59 Å². The molecule has 0 radical (unpaired) electrons. The predicted molar refractivity (Wildman–Crippen MR) is 187 cm³/mol. The molecule has 2 aromatic carbocycles. The molecular weight excluding hydrogens is 592 g/mol. The van der Waals surface area contributed by atoms with Gasteiger partial charge in [0.15, 0.2) is 0 Å². The minimum absolute atomic E-state index is 0.0592. The number of carbonyl (C=O) groups excluding carboxylic acids is 2. The van der Waals surface area contributed by atoms with Crippen LogP contribution in [0.3, 0.4) is 0 Å². The van der Waals surface area contributed by atoms with Crippen LogP contribution in [0.2, 0.25) is 0 Å². The molecule has 0 spiro atoms. The minimum Gasteiger partial charge on any atom is -0.379 e. The summed E-state index contributed by atoms with van der Waals surface area (Å²) in [5.74, 6) is 6.12. The Labute approximate surface area is 282 Å². The van der Waals surface area contributed by atoms with E-state index in [9.17, 15) is 9.59 Å². The van der Waals surface area contributed by atoms with Gasteiger partial charge in [0, 0.05) is 43.7 Å². The van der Waals surface area contributed by atoms with Crippen molar-refractivity contribution < 1.29 is 28.5 Å². The average molecular weight is 649 g/mol. The number of para-hydroxylation sites is 1. The number of amides is 2. The number of fused-ring (bicyclic) bond motifs is 2. The molecule has 2 amide bonds. The third kappa shape index (κ3) is 13.1. The number of hydrogen-bond donors (Lipinski definition) is 1. The van der Waals surface area contributed by atoms with E-state index in [0.29, 0.717) is 26.4 Å². The van der Waals surface area contributed by atoms with Crippen molar-refractivity contribution in [3.05, 3.63) is 65.2 Å². The molecule has 0 bridgehead atoms. The van der Waals surface area contributed by atoms with Crippen LogP contribution in [0.4, 0.5) is 5.69 Å². The smallest absolute Gasteiger partial charge is 0.227 e. The monoisotopic (exact) mass is 648 g/mol. The topological polar surface area (TPSA) is 86.3 Å². The van der Waals surface area contributed by atoms with Gasteiger partial charge in [-0.1, -0.05) is 49.1 Å². The van der Waals surface area contributed by atoms with Crippen LogP contribution in [0.1, 0.15) is 104 Å². The highest BCUT2D eigenvalue weighted by molar-refractivity contribution is 5.96. The highest BCUT2D eigenvalue weighted by Crippen LogP contribution is 2.27. The summed E-state index contributed by atoms with van der Waals surface area (Å²) in [5.41, 5.74) is 2.54. The molecule has 1 aliphatic heterocycles. The first-order chi connectivity index (χ1) is 22.3. The molecule has 8 nitrogen and oxygen atoms in total. The summed E-state index contributed by atoms with van der Waals surface area (Å²) in [4.78, 5) is 28.5. The summed E-state index contributed by atoms with van der Waals surface area (Å²) in [6, 6.07) is 15.5. The number of rotatable bonds is 19. The second-order valence-corrected chi connectivity index (χ2v) is 13.7. The van der Waals surface area contributed by atoms with E-state index in [1.54, 1.807) is 4.90 Å². The third-order valence-corrected chi connectivity index (χ3v) is 8.36. The Bertz CT molecular complexity index is 1360. The van der Waals surface area contributed by atoms with Gasteiger partial charge in [-0.25, -0.2) is 0 Å². The predicted octanol–water partition coefficient (Wildman–Crippen LogP) is 6.81. The van der Waals surface area contributed by atoms with Crippen molar-refractivity contribution in [2.24, 2.45) is 0 Å². The second kappa shape index (κ2) is 18.4. The maximum absolute atomic E-state index is 13.6. The van der Waals surface area contributed by atoms with Crippen LogP contribution in [0, 0.1) is 11.8 Å². The van der Waals surface area contributed by atoms with E-state index in [1.807, 2.05) is 90.1 Å². The van der Waals surface area contributed by atoms with E-state index >= 15 is 0 Å². The first-order valence-electron chi connectivity index (χ1n) is 17.1. The van der Waals surface area contributed by atoms with E-state index in [0.717, 1.165) is 41.6 Å². The van der Waals surface area contributed by atoms with Crippen molar-refractivity contribution in [1.29, 1.82) is 0 Å². The molecule has 1 heterocycles. The number of hydrogen-bond acceptors (Lipinski definition) is 6. The normalized spacial score (nSPS) is 14.7. The number of nitrogens with one attached hydrogen (secondary N) is 1. The minimum atomic E-state index is -0.452. The summed E-state index contributed by atoms with van der Waals surface area (Å²) in [6.45, 7) is 18.5. The van der Waals surface area contributed by atoms with Gasteiger partial charge in [-0.2, -0.15) is 0 Å². The van der Waals surface area contributed by atoms with Crippen LogP contribution >= 0.6 is 0 Å². The zero-order valence-electron chi connectivity index (χ0n) is 29.8. The molecule has 3 rings (SSSR count). The van der Waals surface area contributed by atoms with Crippen molar-refractivity contribution in [2.75, 3.05) is 31.3 Å². The lowest BCUT2D eigenvalue weighted by atomic mass is 9.99. The molecule has 47 heavy (non-hydrogen) atoms. The number of carbonyl (C=O) groups is 2. The van der Waals surface area contributed by atoms with Crippen molar-refractivity contribution in [2.45, 2.75) is 124 Å². The molecule has 8 heteroatoms. The summed E-state index contributed by atoms with van der Waals surface area (Å²) in [6.07, 6.45) is 2.27. The molecule has 2 atom stereocenters. The fraction of sp³-hybridized carbons (Fsp3) is 0.590. The fourth-order valence-corrected chi connectivity index (χ4v) is 5.18. The number of benzene rings is 2. The lowest BCUT2D eigenvalue weighted by Crippen LogP contribution is -2.44. The Hall–Kier alpha value is -3.22. The van der Waals surface area contributed by atoms with Crippen LogP contribution < -0.4 is 10.2 Å². The lowest BCUT2D eigenvalue weighted by molar-refractivity contribution is -0.149. The molecule has 0 aliphatic carbocycles. The van der Waals surface area contributed by atoms with Gasteiger partial charge >= 0.3 is 0 Å². The van der Waals surface area contributed by atoms with Crippen LogP contribution in [0.15, 0.2) is 48.5 Å². The molecule has 1 aliphatic rings. The maximum atomic E-state index is 13.6. The number of ether oxygens (including phenoxy) is 4. The molecule has 0 saturated heterocycles. The average Bonchev–Trinajstić information content (AvgIpc) is 3.02. The summed E-state index contributed by atoms with van der Waals surface area (Å²) >= 11 is 0. The number of nitrogens with zero attached hydrogens (tertiary/aromatic N) is 1. The van der Waals surface area contributed by atoms with E-state index in [2.05, 4.69) is 31.0 Å². The zero-order valence-corrected chi connectivity index (χ0v) is 29.8. The Morgan fingerprint density at radius 3 is 2.17 bits per heavy atom. The lowest BCUT2D eigenvalue weighted by Gasteiger charge is -2.35. The molecule has 1 N–H and O–H groups in total. The highest BCUT2D eigenvalue weighted by atomic mass is 16.6. The van der Waals surface area contributed by atoms with E-state index in [4.69, 9.17) is 18.9 Å². The van der Waals surface area contributed by atoms with Gasteiger partial charge in [0.05, 0.1) is 48.4 Å². The SMILES string of the molecule is CCC(C)(CCOC(C)C)OC(CNC(=O)CCC(=O)N1Cc2ccccc2C#Cc2ccccc21)COC(C)(C)CCOC(C)C. The third-order valence-electron chi connectivity index (χ3n) is 8.36. The Balaban J connectivity index is 1.64. The van der Waals surface area contributed by atoms with Gasteiger partial charge in [0.25, 0.3) is 0 Å². The van der Waals surface area contributed by atoms with Crippen LogP contribution in [0.5, 0.6) is 0 Å². The largest absolute Gasteiger partial charge is 0.379 e. The van der Waals surface area contributed by atoms with Crippen molar-refractivity contribution in [1.82, 2.24) is 5.32 Å². The Morgan fingerprint density at radius 2 is 1.49 bits per heavy atom. The summed E-state index contributed by atoms with van der Waals surface area (Å²) in [5, 5.41) is 3.02. The van der Waals surface area contributed by atoms with Crippen molar-refractivity contribution in [3.8, 4) is 11.8 Å². The molecule has 0 fully saturated rings. The maximum Gasteiger partial charge on any atom is 0.227 e. The van der Waals surface area contributed by atoms with Crippen molar-refractivity contribution >= 4 is 17.5 Å². The van der Waals surface area contributed by atoms with Crippen LogP contribution in [0.25, 0.3) is 0 Å². The first kappa shape index (κ1) is 38.2. The quantitative estimate of drug-likeness (QED) is 0.169. The van der Waals surface area contributed by atoms with Gasteiger partial charge in [-0.15, -0.1) is 0 Å². The number of anilines is 1.